The third kappa shape index (κ3) is 6.77. The number of hydrogen-bond acceptors (Lipinski definition) is 6. The molecule has 0 radical (unpaired) electrons. The Bertz CT molecular complexity index is 1210. The van der Waals surface area contributed by atoms with Crippen LogP contribution in [0.25, 0.3) is 0 Å². The molecule has 1 amide bonds. The van der Waals surface area contributed by atoms with Gasteiger partial charge < -0.3 is 14.6 Å². The maximum absolute atomic E-state index is 12.5. The number of ether oxygens (including phenoxy) is 1. The molecule has 0 fully saturated rings. The quantitative estimate of drug-likeness (QED) is 0.309. The molecule has 4 rings (SSSR count). The second kappa shape index (κ2) is 12.3. The molecular formula is C27H29N5O2S. The monoisotopic (exact) mass is 487 g/mol. The number of nitrogens with zero attached hydrogens (tertiary/aromatic N) is 4. The summed E-state index contributed by atoms with van der Waals surface area (Å²) in [4.78, 5) is 16.5. The van der Waals surface area contributed by atoms with Crippen molar-refractivity contribution in [3.05, 3.63) is 107 Å². The third-order valence-electron chi connectivity index (χ3n) is 5.58. The Morgan fingerprint density at radius 2 is 1.71 bits per heavy atom. The van der Waals surface area contributed by atoms with Gasteiger partial charge in [0, 0.05) is 43.8 Å². The van der Waals surface area contributed by atoms with Gasteiger partial charge in [0.1, 0.15) is 5.82 Å². The summed E-state index contributed by atoms with van der Waals surface area (Å²) in [5.41, 5.74) is 3.95. The zero-order valence-electron chi connectivity index (χ0n) is 19.9. The van der Waals surface area contributed by atoms with Gasteiger partial charge in [0.15, 0.2) is 5.16 Å². The van der Waals surface area contributed by atoms with E-state index in [0.29, 0.717) is 25.1 Å². The molecule has 7 nitrogen and oxygen atoms in total. The summed E-state index contributed by atoms with van der Waals surface area (Å²) in [5, 5.41) is 12.8. The fourth-order valence-corrected chi connectivity index (χ4v) is 4.76. The Morgan fingerprint density at radius 3 is 2.43 bits per heavy atom. The lowest BCUT2D eigenvalue weighted by molar-refractivity contribution is 0.0951. The Hall–Kier alpha value is -3.49. The van der Waals surface area contributed by atoms with Crippen molar-refractivity contribution in [2.24, 2.45) is 0 Å². The van der Waals surface area contributed by atoms with Crippen LogP contribution in [0.2, 0.25) is 0 Å². The van der Waals surface area contributed by atoms with Gasteiger partial charge in [-0.1, -0.05) is 54.2 Å². The average Bonchev–Trinajstić information content (AvgIpc) is 3.30. The Balaban J connectivity index is 1.39. The standard InChI is InChI=1S/C27H29N5O2S/c1-20(18-34-2)32-25(16-21-6-4-3-5-7-21)30-31-27(32)35-19-23-8-10-24(11-9-23)26(33)29-17-22-12-14-28-15-13-22/h3-15,20H,16-19H2,1-2H3,(H,29,33). The number of aromatic nitrogens is 4. The highest BCUT2D eigenvalue weighted by atomic mass is 32.2. The van der Waals surface area contributed by atoms with Gasteiger partial charge in [-0.05, 0) is 47.9 Å². The minimum absolute atomic E-state index is 0.0975. The van der Waals surface area contributed by atoms with E-state index >= 15 is 0 Å². The number of nitrogens with one attached hydrogen (secondary N) is 1. The minimum atomic E-state index is -0.0975. The number of hydrogen-bond donors (Lipinski definition) is 1. The first kappa shape index (κ1) is 24.6. The molecule has 180 valence electrons. The lowest BCUT2D eigenvalue weighted by Gasteiger charge is -2.17. The molecule has 0 bridgehead atoms. The zero-order valence-corrected chi connectivity index (χ0v) is 20.7. The van der Waals surface area contributed by atoms with Gasteiger partial charge >= 0.3 is 0 Å². The van der Waals surface area contributed by atoms with Gasteiger partial charge in [0.05, 0.1) is 12.6 Å². The van der Waals surface area contributed by atoms with Crippen molar-refractivity contribution in [3.63, 3.8) is 0 Å². The van der Waals surface area contributed by atoms with Crippen molar-refractivity contribution >= 4 is 17.7 Å². The van der Waals surface area contributed by atoms with Crippen molar-refractivity contribution in [3.8, 4) is 0 Å². The number of methoxy groups -OCH3 is 1. The first-order chi connectivity index (χ1) is 17.1. The normalized spacial score (nSPS) is 11.8. The lowest BCUT2D eigenvalue weighted by Crippen LogP contribution is -2.22. The molecular weight excluding hydrogens is 458 g/mol. The Labute approximate surface area is 210 Å². The molecule has 1 atom stereocenters. The number of pyridine rings is 1. The molecule has 8 heteroatoms. The molecule has 2 aromatic carbocycles. The van der Waals surface area contributed by atoms with Crippen LogP contribution < -0.4 is 5.32 Å². The molecule has 0 aliphatic carbocycles. The van der Waals surface area contributed by atoms with E-state index in [-0.39, 0.29) is 11.9 Å². The van der Waals surface area contributed by atoms with Crippen molar-refractivity contribution in [2.75, 3.05) is 13.7 Å². The number of carbonyl (C=O) groups is 1. The molecule has 0 spiro atoms. The van der Waals surface area contributed by atoms with Crippen molar-refractivity contribution in [1.82, 2.24) is 25.1 Å². The van der Waals surface area contributed by atoms with Gasteiger partial charge in [-0.2, -0.15) is 0 Å². The molecule has 4 aromatic rings. The number of carbonyl (C=O) groups excluding carboxylic acids is 1. The van der Waals surface area contributed by atoms with E-state index < -0.39 is 0 Å². The SMILES string of the molecule is COCC(C)n1c(Cc2ccccc2)nnc1SCc1ccc(C(=O)NCc2ccncc2)cc1. The van der Waals surface area contributed by atoms with E-state index in [1.165, 1.54) is 5.56 Å². The largest absolute Gasteiger partial charge is 0.383 e. The zero-order chi connectivity index (χ0) is 24.5. The van der Waals surface area contributed by atoms with Gasteiger partial charge in [-0.25, -0.2) is 0 Å². The molecule has 35 heavy (non-hydrogen) atoms. The van der Waals surface area contributed by atoms with Crippen molar-refractivity contribution in [1.29, 1.82) is 0 Å². The van der Waals surface area contributed by atoms with Crippen LogP contribution in [0.15, 0.2) is 84.3 Å². The first-order valence-corrected chi connectivity index (χ1v) is 12.5. The second-order valence-electron chi connectivity index (χ2n) is 8.26. The maximum atomic E-state index is 12.5. The van der Waals surface area contributed by atoms with Gasteiger partial charge in [-0.15, -0.1) is 10.2 Å². The van der Waals surface area contributed by atoms with Crippen LogP contribution in [-0.2, 0) is 23.5 Å². The molecule has 2 heterocycles. The average molecular weight is 488 g/mol. The number of thioether (sulfide) groups is 1. The summed E-state index contributed by atoms with van der Waals surface area (Å²) in [7, 11) is 1.71. The third-order valence-corrected chi connectivity index (χ3v) is 6.59. The topological polar surface area (TPSA) is 81.9 Å². The van der Waals surface area contributed by atoms with E-state index in [9.17, 15) is 4.79 Å². The molecule has 0 aliphatic rings. The summed E-state index contributed by atoms with van der Waals surface area (Å²) in [6, 6.07) is 21.9. The van der Waals surface area contributed by atoms with Crippen molar-refractivity contribution in [2.45, 2.75) is 36.8 Å². The molecule has 0 saturated carbocycles. The highest BCUT2D eigenvalue weighted by Gasteiger charge is 2.18. The maximum Gasteiger partial charge on any atom is 0.251 e. The van der Waals surface area contributed by atoms with Crippen LogP contribution in [0.3, 0.4) is 0 Å². The van der Waals surface area contributed by atoms with E-state index in [1.54, 1.807) is 31.3 Å². The van der Waals surface area contributed by atoms with Crippen LogP contribution in [0.4, 0.5) is 0 Å². The van der Waals surface area contributed by atoms with E-state index in [1.807, 2.05) is 54.6 Å². The van der Waals surface area contributed by atoms with Gasteiger partial charge in [0.2, 0.25) is 0 Å². The van der Waals surface area contributed by atoms with Crippen LogP contribution in [0, 0.1) is 0 Å². The van der Waals surface area contributed by atoms with Crippen LogP contribution >= 0.6 is 11.8 Å². The van der Waals surface area contributed by atoms with E-state index in [4.69, 9.17) is 4.74 Å². The summed E-state index contributed by atoms with van der Waals surface area (Å²) < 4.78 is 7.58. The van der Waals surface area contributed by atoms with E-state index in [2.05, 4.69) is 44.1 Å². The molecule has 1 N–H and O–H groups in total. The van der Waals surface area contributed by atoms with Crippen LogP contribution in [0.5, 0.6) is 0 Å². The highest BCUT2D eigenvalue weighted by Crippen LogP contribution is 2.26. The number of rotatable bonds is 11. The molecule has 0 saturated heterocycles. The van der Waals surface area contributed by atoms with E-state index in [0.717, 1.165) is 27.9 Å². The summed E-state index contributed by atoms with van der Waals surface area (Å²) in [6.07, 6.45) is 4.15. The van der Waals surface area contributed by atoms with Crippen LogP contribution in [0.1, 0.15) is 45.8 Å². The molecule has 2 aromatic heterocycles. The number of benzene rings is 2. The fourth-order valence-electron chi connectivity index (χ4n) is 3.75. The summed E-state index contributed by atoms with van der Waals surface area (Å²) in [6.45, 7) is 3.17. The first-order valence-electron chi connectivity index (χ1n) is 11.5. The molecule has 0 aliphatic heterocycles. The van der Waals surface area contributed by atoms with Crippen LogP contribution in [-0.4, -0.2) is 39.4 Å². The smallest absolute Gasteiger partial charge is 0.251 e. The number of amides is 1. The lowest BCUT2D eigenvalue weighted by atomic mass is 10.1. The second-order valence-corrected chi connectivity index (χ2v) is 9.20. The molecule has 1 unspecified atom stereocenters. The summed E-state index contributed by atoms with van der Waals surface area (Å²) in [5.74, 6) is 1.55. The van der Waals surface area contributed by atoms with Gasteiger partial charge in [0.25, 0.3) is 5.91 Å². The summed E-state index contributed by atoms with van der Waals surface area (Å²) >= 11 is 1.63. The Kier molecular flexibility index (Phi) is 8.64. The minimum Gasteiger partial charge on any atom is -0.383 e. The van der Waals surface area contributed by atoms with Crippen molar-refractivity contribution < 1.29 is 9.53 Å². The fraction of sp³-hybridized carbons (Fsp3) is 0.259. The van der Waals surface area contributed by atoms with Gasteiger partial charge in [-0.3, -0.25) is 9.78 Å². The predicted molar refractivity (Wildman–Crippen MR) is 137 cm³/mol. The predicted octanol–water partition coefficient (Wildman–Crippen LogP) is 4.69. The highest BCUT2D eigenvalue weighted by molar-refractivity contribution is 7.98. The Morgan fingerprint density at radius 1 is 0.971 bits per heavy atom.